The number of nitrogens with one attached hydrogen (secondary N) is 2. The summed E-state index contributed by atoms with van der Waals surface area (Å²) in [5.41, 5.74) is 5.78. The van der Waals surface area contributed by atoms with Crippen LogP contribution >= 0.6 is 0 Å². The minimum Gasteiger partial charge on any atom is -0.399 e. The first-order valence-electron chi connectivity index (χ1n) is 16.6. The van der Waals surface area contributed by atoms with E-state index < -0.39 is 18.3 Å². The number of benzene rings is 5. The Morgan fingerprint density at radius 3 is 2.36 bits per heavy atom. The molecule has 234 valence electrons. The molecule has 8 rings (SSSR count). The average Bonchev–Trinajstić information content (AvgIpc) is 3.51. The number of hydrogen-bond donors (Lipinski definition) is 2. The Labute approximate surface area is 276 Å². The van der Waals surface area contributed by atoms with Gasteiger partial charge in [-0.15, -0.1) is 0 Å². The number of anilines is 1. The Bertz CT molecular complexity index is 2330. The summed E-state index contributed by atoms with van der Waals surface area (Å²) in [6, 6.07) is 33.8. The monoisotopic (exact) mass is 617 g/mol. The predicted molar refractivity (Wildman–Crippen MR) is 197 cm³/mol. The summed E-state index contributed by atoms with van der Waals surface area (Å²) in [6.45, 7) is 11.2. The van der Waals surface area contributed by atoms with Crippen molar-refractivity contribution in [3.05, 3.63) is 119 Å². The van der Waals surface area contributed by atoms with Gasteiger partial charge in [0.25, 0.3) is 0 Å². The fraction of sp³-hybridized carbons (Fsp3) is 0.244. The highest BCUT2D eigenvalue weighted by Gasteiger charge is 2.51. The molecule has 0 bridgehead atoms. The highest BCUT2D eigenvalue weighted by Crippen LogP contribution is 2.37. The zero-order valence-corrected chi connectivity index (χ0v) is 27.7. The van der Waals surface area contributed by atoms with Crippen LogP contribution in [0.5, 0.6) is 0 Å². The lowest BCUT2D eigenvalue weighted by Crippen LogP contribution is -2.41. The van der Waals surface area contributed by atoms with E-state index in [-0.39, 0.29) is 0 Å². The molecule has 1 saturated heterocycles. The number of para-hydroxylation sites is 1. The zero-order valence-electron chi connectivity index (χ0n) is 27.7. The van der Waals surface area contributed by atoms with Crippen molar-refractivity contribution in [1.29, 1.82) is 5.41 Å². The molecule has 0 amide bonds. The maximum Gasteiger partial charge on any atom is 0.494 e. The smallest absolute Gasteiger partial charge is 0.399 e. The van der Waals surface area contributed by atoms with Crippen LogP contribution in [-0.2, 0) is 16.0 Å². The second-order valence-electron chi connectivity index (χ2n) is 14.1. The first-order valence-corrected chi connectivity index (χ1v) is 16.6. The van der Waals surface area contributed by atoms with Crippen LogP contribution in [0.2, 0.25) is 0 Å². The van der Waals surface area contributed by atoms with Gasteiger partial charge < -0.3 is 19.2 Å². The first-order chi connectivity index (χ1) is 22.6. The molecule has 2 aliphatic rings. The maximum atomic E-state index is 9.32. The van der Waals surface area contributed by atoms with E-state index in [1.807, 2.05) is 42.5 Å². The van der Waals surface area contributed by atoms with Crippen LogP contribution in [0, 0.1) is 11.3 Å². The summed E-state index contributed by atoms with van der Waals surface area (Å²) in [7, 11) is -0.429. The van der Waals surface area contributed by atoms with Crippen LogP contribution < -0.4 is 21.2 Å². The minimum atomic E-state index is -0.429. The first kappa shape index (κ1) is 29.7. The normalized spacial score (nSPS) is 18.2. The zero-order chi connectivity index (χ0) is 32.5. The average molecular weight is 618 g/mol. The quantitative estimate of drug-likeness (QED) is 0.152. The third-order valence-corrected chi connectivity index (χ3v) is 10.5. The van der Waals surface area contributed by atoms with Crippen LogP contribution in [0.3, 0.4) is 0 Å². The van der Waals surface area contributed by atoms with Crippen molar-refractivity contribution < 1.29 is 9.31 Å². The van der Waals surface area contributed by atoms with E-state index in [1.54, 1.807) is 0 Å². The van der Waals surface area contributed by atoms with Crippen molar-refractivity contribution in [2.24, 2.45) is 5.92 Å². The summed E-state index contributed by atoms with van der Waals surface area (Å²) in [5.74, 6) is 0.475. The molecule has 1 aliphatic carbocycles. The second kappa shape index (κ2) is 11.0. The van der Waals surface area contributed by atoms with Gasteiger partial charge in [0, 0.05) is 27.6 Å². The maximum absolute atomic E-state index is 9.32. The lowest BCUT2D eigenvalue weighted by molar-refractivity contribution is 0.00578. The topological polar surface area (TPSA) is 59.3 Å². The van der Waals surface area contributed by atoms with Gasteiger partial charge in [-0.1, -0.05) is 97.9 Å². The van der Waals surface area contributed by atoms with Gasteiger partial charge in [-0.2, -0.15) is 0 Å². The number of aromatic nitrogens is 1. The SMILES string of the molecule is CC1C=c2c(ccc3c2c2cc(B4OC(C)(C)C(C)(C)O4)ccc2n3CNc2ccccc2C(=N)c2cccc3ccccc23)=CC1. The van der Waals surface area contributed by atoms with Crippen LogP contribution in [0.15, 0.2) is 97.1 Å². The van der Waals surface area contributed by atoms with Crippen LogP contribution in [0.25, 0.3) is 44.7 Å². The van der Waals surface area contributed by atoms with E-state index in [9.17, 15) is 5.41 Å². The van der Waals surface area contributed by atoms with Crippen molar-refractivity contribution in [2.45, 2.75) is 58.9 Å². The third-order valence-electron chi connectivity index (χ3n) is 10.5. The molecule has 2 N–H and O–H groups in total. The highest BCUT2D eigenvalue weighted by atomic mass is 16.7. The van der Waals surface area contributed by atoms with E-state index in [4.69, 9.17) is 9.31 Å². The van der Waals surface area contributed by atoms with Crippen molar-refractivity contribution in [2.75, 3.05) is 5.32 Å². The highest BCUT2D eigenvalue weighted by molar-refractivity contribution is 6.62. The molecule has 0 radical (unpaired) electrons. The molecule has 6 heteroatoms. The molecule has 1 aromatic heterocycles. The summed E-state index contributed by atoms with van der Waals surface area (Å²) in [6.07, 6.45) is 5.85. The molecule has 1 aliphatic heterocycles. The van der Waals surface area contributed by atoms with E-state index >= 15 is 0 Å². The van der Waals surface area contributed by atoms with Gasteiger partial charge in [0.15, 0.2) is 0 Å². The van der Waals surface area contributed by atoms with Gasteiger partial charge in [-0.05, 0) is 84.9 Å². The Hall–Kier alpha value is -4.65. The molecule has 6 aromatic rings. The Kier molecular flexibility index (Phi) is 6.94. The van der Waals surface area contributed by atoms with Crippen molar-refractivity contribution in [3.63, 3.8) is 0 Å². The summed E-state index contributed by atoms with van der Waals surface area (Å²) < 4.78 is 15.3. The molecule has 1 fully saturated rings. The molecular weight excluding hydrogens is 577 g/mol. The van der Waals surface area contributed by atoms with E-state index in [0.717, 1.165) is 45.0 Å². The summed E-state index contributed by atoms with van der Waals surface area (Å²) in [5, 5.41) is 20.3. The van der Waals surface area contributed by atoms with Crippen molar-refractivity contribution in [1.82, 2.24) is 4.57 Å². The molecular formula is C41H40BN3O2. The van der Waals surface area contributed by atoms with Crippen LogP contribution in [0.1, 0.15) is 52.2 Å². The lowest BCUT2D eigenvalue weighted by Gasteiger charge is -2.32. The van der Waals surface area contributed by atoms with Gasteiger partial charge in [-0.3, -0.25) is 5.41 Å². The molecule has 1 atom stereocenters. The van der Waals surface area contributed by atoms with Gasteiger partial charge in [0.1, 0.15) is 0 Å². The van der Waals surface area contributed by atoms with Crippen LogP contribution in [-0.4, -0.2) is 28.6 Å². The molecule has 2 heterocycles. The number of nitrogens with zero attached hydrogens (tertiary/aromatic N) is 1. The Balaban J connectivity index is 1.23. The summed E-state index contributed by atoms with van der Waals surface area (Å²) in [4.78, 5) is 0. The van der Waals surface area contributed by atoms with Gasteiger partial charge in [0.2, 0.25) is 0 Å². The number of fused-ring (bicyclic) bond motifs is 6. The molecule has 47 heavy (non-hydrogen) atoms. The second-order valence-corrected chi connectivity index (χ2v) is 14.1. The van der Waals surface area contributed by atoms with E-state index in [2.05, 4.69) is 111 Å². The largest absolute Gasteiger partial charge is 0.494 e. The Morgan fingerprint density at radius 1 is 0.830 bits per heavy atom. The van der Waals surface area contributed by atoms with Crippen molar-refractivity contribution >= 4 is 68.7 Å². The summed E-state index contributed by atoms with van der Waals surface area (Å²) >= 11 is 0. The fourth-order valence-corrected chi connectivity index (χ4v) is 7.18. The third kappa shape index (κ3) is 4.90. The standard InChI is InChI=1S/C41H40BN3O2/c1-26-17-18-28-19-21-37-38(33(28)23-26)34-24-29(42-46-40(2,3)41(4,5)47-42)20-22-36(34)45(37)25-44-35-16-9-8-14-32(35)39(43)31-15-10-12-27-11-6-7-13-30(27)31/h6-16,18-24,26,43-44H,17,25H2,1-5H3. The van der Waals surface area contributed by atoms with Crippen molar-refractivity contribution in [3.8, 4) is 0 Å². The molecule has 0 spiro atoms. The number of hydrogen-bond acceptors (Lipinski definition) is 4. The van der Waals surface area contributed by atoms with Crippen LogP contribution in [0.4, 0.5) is 5.69 Å². The minimum absolute atomic E-state index is 0.408. The lowest BCUT2D eigenvalue weighted by atomic mass is 9.78. The molecule has 5 nitrogen and oxygen atoms in total. The van der Waals surface area contributed by atoms with E-state index in [1.165, 1.54) is 26.7 Å². The molecule has 5 aromatic carbocycles. The molecule has 0 saturated carbocycles. The molecule has 1 unspecified atom stereocenters. The van der Waals surface area contributed by atoms with Gasteiger partial charge in [0.05, 0.1) is 34.6 Å². The predicted octanol–water partition coefficient (Wildman–Crippen LogP) is 7.33. The van der Waals surface area contributed by atoms with Gasteiger partial charge in [-0.25, -0.2) is 0 Å². The Morgan fingerprint density at radius 2 is 1.53 bits per heavy atom. The van der Waals surface area contributed by atoms with Gasteiger partial charge >= 0.3 is 7.12 Å². The number of rotatable bonds is 6. The van der Waals surface area contributed by atoms with E-state index in [0.29, 0.717) is 18.3 Å². The fourth-order valence-electron chi connectivity index (χ4n) is 7.18.